The van der Waals surface area contributed by atoms with Crippen molar-refractivity contribution in [3.63, 3.8) is 0 Å². The van der Waals surface area contributed by atoms with E-state index in [2.05, 4.69) is 146 Å². The monoisotopic (exact) mass is 883 g/mol. The predicted octanol–water partition coefficient (Wildman–Crippen LogP) is 14.7. The van der Waals surface area contributed by atoms with Crippen molar-refractivity contribution in [2.24, 2.45) is 0 Å². The minimum absolute atomic E-state index is 0.0275. The molecule has 0 saturated carbocycles. The fraction of sp³-hybridized carbons (Fsp3) is 0.492. The number of hydrogen-bond donors (Lipinski definition) is 3. The first-order chi connectivity index (χ1) is 30.3. The zero-order valence-electron chi connectivity index (χ0n) is 42.4. The molecular weight excluding hydrogens is 805 g/mol. The Hall–Kier alpha value is -5.10. The van der Waals surface area contributed by atoms with Gasteiger partial charge in [0, 0.05) is 42.9 Å². The van der Waals surface area contributed by atoms with Gasteiger partial charge in [0.05, 0.1) is 19.8 Å². The van der Waals surface area contributed by atoms with Crippen LogP contribution in [0.5, 0.6) is 34.5 Å². The Balaban J connectivity index is 1.86. The fourth-order valence-corrected chi connectivity index (χ4v) is 9.05. The predicted molar refractivity (Wildman–Crippen MR) is 270 cm³/mol. The molecule has 5 aromatic carbocycles. The van der Waals surface area contributed by atoms with Gasteiger partial charge in [-0.15, -0.1) is 0 Å². The normalized spacial score (nSPS) is 13.5. The average molecular weight is 883 g/mol. The third kappa shape index (κ3) is 11.0. The van der Waals surface area contributed by atoms with Gasteiger partial charge in [0.15, 0.2) is 0 Å². The highest BCUT2D eigenvalue weighted by Gasteiger charge is 2.32. The van der Waals surface area contributed by atoms with E-state index in [-0.39, 0.29) is 33.5 Å². The molecule has 3 N–H and O–H groups in total. The molecule has 0 heterocycles. The van der Waals surface area contributed by atoms with Crippen molar-refractivity contribution in [1.29, 1.82) is 0 Å². The van der Waals surface area contributed by atoms with E-state index in [4.69, 9.17) is 14.2 Å². The van der Waals surface area contributed by atoms with Crippen molar-refractivity contribution in [2.45, 2.75) is 170 Å². The van der Waals surface area contributed by atoms with Gasteiger partial charge in [0.2, 0.25) is 0 Å². The maximum absolute atomic E-state index is 13.1. The molecule has 0 amide bonds. The number of hydrogen-bond acceptors (Lipinski definition) is 6. The minimum atomic E-state index is -0.417. The third-order valence-corrected chi connectivity index (χ3v) is 12.7. The molecule has 0 fully saturated rings. The van der Waals surface area contributed by atoms with Gasteiger partial charge in [-0.25, -0.2) is 0 Å². The maximum Gasteiger partial charge on any atom is 0.127 e. The molecule has 0 atom stereocenters. The first-order valence-electron chi connectivity index (χ1n) is 24.1. The highest BCUT2D eigenvalue weighted by Crippen LogP contribution is 2.49. The second-order valence-corrected chi connectivity index (χ2v) is 22.6. The Kier molecular flexibility index (Phi) is 14.4. The number of benzene rings is 5. The van der Waals surface area contributed by atoms with Crippen molar-refractivity contribution < 1.29 is 29.5 Å². The van der Waals surface area contributed by atoms with Crippen LogP contribution in [0.25, 0.3) is 11.1 Å². The molecule has 8 bridgehead atoms. The first-order valence-corrected chi connectivity index (χ1v) is 24.1. The Morgan fingerprint density at radius 3 is 1.11 bits per heavy atom. The lowest BCUT2D eigenvalue weighted by molar-refractivity contribution is 0.306. The van der Waals surface area contributed by atoms with Crippen LogP contribution in [0.1, 0.15) is 190 Å². The lowest BCUT2D eigenvalue weighted by atomic mass is 9.75. The molecule has 0 spiro atoms. The average Bonchev–Trinajstić information content (AvgIpc) is 3.19. The smallest absolute Gasteiger partial charge is 0.127 e. The van der Waals surface area contributed by atoms with Crippen molar-refractivity contribution in [3.8, 4) is 45.6 Å². The summed E-state index contributed by atoms with van der Waals surface area (Å²) < 4.78 is 20.7. The molecule has 65 heavy (non-hydrogen) atoms. The van der Waals surface area contributed by atoms with Crippen LogP contribution in [-0.4, -0.2) is 35.1 Å². The first kappa shape index (κ1) is 49.3. The topological polar surface area (TPSA) is 88.4 Å². The lowest BCUT2D eigenvalue weighted by Crippen LogP contribution is -2.18. The van der Waals surface area contributed by atoms with Gasteiger partial charge < -0.3 is 29.5 Å². The van der Waals surface area contributed by atoms with Gasteiger partial charge in [-0.3, -0.25) is 0 Å². The third-order valence-electron chi connectivity index (χ3n) is 12.7. The van der Waals surface area contributed by atoms with E-state index < -0.39 is 5.41 Å². The van der Waals surface area contributed by atoms with E-state index in [0.29, 0.717) is 56.6 Å². The van der Waals surface area contributed by atoms with Gasteiger partial charge in [-0.05, 0) is 120 Å². The molecule has 5 aromatic rings. The molecule has 0 aromatic heterocycles. The van der Waals surface area contributed by atoms with Crippen molar-refractivity contribution >= 4 is 0 Å². The Labute approximate surface area is 391 Å². The van der Waals surface area contributed by atoms with Crippen LogP contribution < -0.4 is 14.2 Å². The standard InChI is InChI=1S/C59H78O6/c1-16-21-63-53-37-24-36-34-49(59(13,14)15)51(47-20-19-46(60)35-50(47)61)48(52(36)62)33-42-32-45(58(10,11)12)31-41(55(42)65-23-18-3)26-40-30-44(57(7,8)9)29-39(54(40)64-22-17-2)25-38(53)28-43(27-37)56(4,5)6/h19-20,27-32,34-35,60-62H,16-18,21-26,33H2,1-15H3. The van der Waals surface area contributed by atoms with E-state index in [1.165, 1.54) is 22.8 Å². The molecule has 350 valence electrons. The summed E-state index contributed by atoms with van der Waals surface area (Å²) in [6.45, 7) is 35.0. The largest absolute Gasteiger partial charge is 0.508 e. The molecule has 0 unspecified atom stereocenters. The summed E-state index contributed by atoms with van der Waals surface area (Å²) in [6, 6.07) is 20.8. The molecule has 6 rings (SSSR count). The van der Waals surface area contributed by atoms with E-state index in [0.717, 1.165) is 86.6 Å². The van der Waals surface area contributed by atoms with E-state index in [1.54, 1.807) is 12.1 Å². The number of ether oxygens (including phenoxy) is 3. The van der Waals surface area contributed by atoms with Crippen LogP contribution >= 0.6 is 0 Å². The highest BCUT2D eigenvalue weighted by atomic mass is 16.5. The molecule has 1 aliphatic rings. The van der Waals surface area contributed by atoms with E-state index >= 15 is 0 Å². The Morgan fingerprint density at radius 1 is 0.431 bits per heavy atom. The summed E-state index contributed by atoms with van der Waals surface area (Å²) in [5.41, 5.74) is 12.8. The zero-order chi connectivity index (χ0) is 47.8. The number of aromatic hydroxyl groups is 3. The summed E-state index contributed by atoms with van der Waals surface area (Å²) in [5.74, 6) is 2.68. The van der Waals surface area contributed by atoms with Gasteiger partial charge in [-0.1, -0.05) is 146 Å². The highest BCUT2D eigenvalue weighted by molar-refractivity contribution is 5.81. The van der Waals surface area contributed by atoms with Crippen LogP contribution in [0.2, 0.25) is 0 Å². The van der Waals surface area contributed by atoms with Crippen molar-refractivity contribution in [3.05, 3.63) is 127 Å². The Bertz CT molecular complexity index is 2510. The molecule has 6 nitrogen and oxygen atoms in total. The van der Waals surface area contributed by atoms with Gasteiger partial charge in [0.25, 0.3) is 0 Å². The van der Waals surface area contributed by atoms with Crippen molar-refractivity contribution in [2.75, 3.05) is 19.8 Å². The van der Waals surface area contributed by atoms with Crippen molar-refractivity contribution in [1.82, 2.24) is 0 Å². The second kappa shape index (κ2) is 19.0. The SMILES string of the molecule is CCCOc1c2cc(C(C)(C)C)cc1Cc1cc(C(C)(C)C)cc(c1OCCC)Cc1cc(C(C)(C)C)cc(c1OCCC)Cc1c(O)c(cc(C(C)(C)C)c1-c1ccc(O)cc1O)C2. The Morgan fingerprint density at radius 2 is 0.785 bits per heavy atom. The molecule has 1 aliphatic carbocycles. The summed E-state index contributed by atoms with van der Waals surface area (Å²) in [6.07, 6.45) is 4.46. The van der Waals surface area contributed by atoms with Crippen LogP contribution in [0.15, 0.2) is 60.7 Å². The number of fused-ring (bicyclic) bond motifs is 8. The fourth-order valence-electron chi connectivity index (χ4n) is 9.05. The molecule has 0 radical (unpaired) electrons. The quantitative estimate of drug-likeness (QED) is 0.127. The number of phenolic OH excluding ortho intramolecular Hbond substituents is 3. The molecule has 0 aliphatic heterocycles. The number of phenols is 3. The summed E-state index contributed by atoms with van der Waals surface area (Å²) in [7, 11) is 0. The van der Waals surface area contributed by atoms with Gasteiger partial charge >= 0.3 is 0 Å². The lowest BCUT2D eigenvalue weighted by Gasteiger charge is -2.30. The van der Waals surface area contributed by atoms with E-state index in [9.17, 15) is 15.3 Å². The second-order valence-electron chi connectivity index (χ2n) is 22.6. The minimum Gasteiger partial charge on any atom is -0.508 e. The zero-order valence-corrected chi connectivity index (χ0v) is 42.4. The maximum atomic E-state index is 13.1. The summed E-state index contributed by atoms with van der Waals surface area (Å²) >= 11 is 0. The van der Waals surface area contributed by atoms with Crippen LogP contribution in [-0.2, 0) is 47.3 Å². The molecule has 6 heteroatoms. The summed E-state index contributed by atoms with van der Waals surface area (Å²) in [4.78, 5) is 0. The molecule has 0 saturated heterocycles. The van der Waals surface area contributed by atoms with E-state index in [1.807, 2.05) is 0 Å². The number of rotatable bonds is 10. The van der Waals surface area contributed by atoms with Crippen LogP contribution in [0, 0.1) is 0 Å². The van der Waals surface area contributed by atoms with Crippen LogP contribution in [0.3, 0.4) is 0 Å². The molecular formula is C59H78O6. The summed E-state index contributed by atoms with van der Waals surface area (Å²) in [5, 5.41) is 35.3. The van der Waals surface area contributed by atoms with Gasteiger partial charge in [-0.2, -0.15) is 0 Å². The van der Waals surface area contributed by atoms with Gasteiger partial charge in [0.1, 0.15) is 34.5 Å². The van der Waals surface area contributed by atoms with Crippen LogP contribution in [0.4, 0.5) is 0 Å².